The molecule has 0 bridgehead atoms. The number of aryl methyl sites for hydroxylation is 1. The summed E-state index contributed by atoms with van der Waals surface area (Å²) in [6, 6.07) is 0. The van der Waals surface area contributed by atoms with Gasteiger partial charge in [0.05, 0.1) is 6.61 Å². The Labute approximate surface area is 111 Å². The third-order valence-electron chi connectivity index (χ3n) is 3.04. The molecule has 0 saturated heterocycles. The zero-order chi connectivity index (χ0) is 12.7. The van der Waals surface area contributed by atoms with Crippen molar-refractivity contribution in [3.05, 3.63) is 5.82 Å². The molecule has 0 aliphatic carbocycles. The number of hydrogen-bond acceptors (Lipinski definition) is 6. The number of rotatable bonds is 8. The predicted molar refractivity (Wildman–Crippen MR) is 73.8 cm³/mol. The van der Waals surface area contributed by atoms with Crippen LogP contribution in [0.3, 0.4) is 0 Å². The van der Waals surface area contributed by atoms with Crippen LogP contribution in [-0.4, -0.2) is 39.4 Å². The molecule has 1 atom stereocenters. The number of thioether (sulfide) groups is 1. The molecule has 0 saturated carbocycles. The fourth-order valence-electron chi connectivity index (χ4n) is 1.66. The van der Waals surface area contributed by atoms with Crippen LogP contribution in [0.5, 0.6) is 0 Å². The summed E-state index contributed by atoms with van der Waals surface area (Å²) in [5.41, 5.74) is -0.113. The van der Waals surface area contributed by atoms with E-state index in [1.54, 1.807) is 11.8 Å². The molecule has 2 N–H and O–H groups in total. The lowest BCUT2D eigenvalue weighted by molar-refractivity contribution is 0.154. The van der Waals surface area contributed by atoms with E-state index in [-0.39, 0.29) is 12.1 Å². The van der Waals surface area contributed by atoms with E-state index in [4.69, 9.17) is 0 Å². The van der Waals surface area contributed by atoms with Gasteiger partial charge in [-0.3, -0.25) is 0 Å². The van der Waals surface area contributed by atoms with Crippen molar-refractivity contribution in [2.75, 3.05) is 19.4 Å². The normalized spacial score (nSPS) is 14.8. The van der Waals surface area contributed by atoms with Crippen LogP contribution in [0, 0.1) is 6.92 Å². The van der Waals surface area contributed by atoms with Gasteiger partial charge >= 0.3 is 0 Å². The predicted octanol–water partition coefficient (Wildman–Crippen LogP) is 2.08. The summed E-state index contributed by atoms with van der Waals surface area (Å²) in [4.78, 5) is 4.31. The summed E-state index contributed by atoms with van der Waals surface area (Å²) in [7, 11) is 1.92. The number of nitrogens with one attached hydrogen (secondary N) is 1. The molecule has 0 amide bonds. The van der Waals surface area contributed by atoms with E-state index < -0.39 is 0 Å². The van der Waals surface area contributed by atoms with E-state index in [2.05, 4.69) is 21.6 Å². The number of nitrogens with zero attached hydrogens (tertiary/aromatic N) is 2. The fraction of sp³-hybridized carbons (Fsp3) is 0.818. The Kier molecular flexibility index (Phi) is 6.40. The van der Waals surface area contributed by atoms with E-state index >= 15 is 0 Å². The van der Waals surface area contributed by atoms with Gasteiger partial charge in [-0.25, -0.2) is 4.98 Å². The molecule has 0 fully saturated rings. The summed E-state index contributed by atoms with van der Waals surface area (Å²) in [6.07, 6.45) is 3.00. The summed E-state index contributed by atoms with van der Waals surface area (Å²) in [5, 5.41) is 12.6. The summed E-state index contributed by atoms with van der Waals surface area (Å²) in [5.74, 6) is 1.88. The van der Waals surface area contributed by atoms with Crippen LogP contribution in [0.1, 0.15) is 32.0 Å². The summed E-state index contributed by atoms with van der Waals surface area (Å²) < 4.78 is 5.19. The first-order valence-corrected chi connectivity index (χ1v) is 7.64. The molecule has 1 rings (SSSR count). The standard InChI is InChI=1S/C11H21N3OS2/c1-4-11(8-15,12-3)6-5-7-16-10-13-9(2)14-17-10/h12,15H,4-8H2,1-3H3. The van der Waals surface area contributed by atoms with Crippen LogP contribution < -0.4 is 5.32 Å². The lowest BCUT2D eigenvalue weighted by Crippen LogP contribution is -2.45. The number of aliphatic hydroxyl groups is 1. The van der Waals surface area contributed by atoms with Gasteiger partial charge < -0.3 is 10.4 Å². The van der Waals surface area contributed by atoms with Crippen LogP contribution in [0.4, 0.5) is 0 Å². The van der Waals surface area contributed by atoms with E-state index in [9.17, 15) is 5.11 Å². The maximum absolute atomic E-state index is 9.41. The first-order chi connectivity index (χ1) is 8.15. The second kappa shape index (κ2) is 7.31. The Morgan fingerprint density at radius 2 is 2.29 bits per heavy atom. The molecular formula is C11H21N3OS2. The van der Waals surface area contributed by atoms with Crippen LogP contribution in [0.25, 0.3) is 0 Å². The first-order valence-electron chi connectivity index (χ1n) is 5.88. The van der Waals surface area contributed by atoms with Gasteiger partial charge in [0.25, 0.3) is 0 Å². The van der Waals surface area contributed by atoms with E-state index in [0.29, 0.717) is 0 Å². The Balaban J connectivity index is 2.27. The third-order valence-corrected chi connectivity index (χ3v) is 5.06. The molecule has 0 aliphatic heterocycles. The minimum absolute atomic E-state index is 0.113. The van der Waals surface area contributed by atoms with Gasteiger partial charge in [0, 0.05) is 11.3 Å². The average molecular weight is 275 g/mol. The van der Waals surface area contributed by atoms with Crippen LogP contribution in [0.15, 0.2) is 4.34 Å². The van der Waals surface area contributed by atoms with E-state index in [1.807, 2.05) is 14.0 Å². The van der Waals surface area contributed by atoms with Crippen molar-refractivity contribution >= 4 is 23.3 Å². The Hall–Kier alpha value is -0.170. The molecule has 4 nitrogen and oxygen atoms in total. The number of aromatic nitrogens is 2. The monoisotopic (exact) mass is 275 g/mol. The third kappa shape index (κ3) is 4.54. The lowest BCUT2D eigenvalue weighted by atomic mass is 9.92. The van der Waals surface area contributed by atoms with Crippen molar-refractivity contribution < 1.29 is 5.11 Å². The quantitative estimate of drug-likeness (QED) is 0.562. The highest BCUT2D eigenvalue weighted by molar-refractivity contribution is 8.00. The van der Waals surface area contributed by atoms with Crippen molar-refractivity contribution in [3.63, 3.8) is 0 Å². The molecular weight excluding hydrogens is 254 g/mol. The molecule has 0 aliphatic rings. The number of likely N-dealkylation sites (N-methyl/N-ethyl adjacent to an activating group) is 1. The van der Waals surface area contributed by atoms with Crippen molar-refractivity contribution in [3.8, 4) is 0 Å². The van der Waals surface area contributed by atoms with Gasteiger partial charge in [0.2, 0.25) is 0 Å². The molecule has 1 heterocycles. The number of aliphatic hydroxyl groups excluding tert-OH is 1. The van der Waals surface area contributed by atoms with Crippen molar-refractivity contribution in [1.82, 2.24) is 14.7 Å². The molecule has 0 aromatic carbocycles. The summed E-state index contributed by atoms with van der Waals surface area (Å²) in [6.45, 7) is 4.21. The lowest BCUT2D eigenvalue weighted by Gasteiger charge is -2.30. The number of hydrogen-bond donors (Lipinski definition) is 2. The average Bonchev–Trinajstić information content (AvgIpc) is 2.76. The van der Waals surface area contributed by atoms with Crippen molar-refractivity contribution in [2.45, 2.75) is 43.0 Å². The maximum atomic E-state index is 9.41. The molecule has 0 spiro atoms. The zero-order valence-electron chi connectivity index (χ0n) is 10.7. The Morgan fingerprint density at radius 3 is 2.76 bits per heavy atom. The Bertz CT molecular complexity index is 318. The van der Waals surface area contributed by atoms with E-state index in [1.165, 1.54) is 11.5 Å². The fourth-order valence-corrected chi connectivity index (χ4v) is 3.31. The molecule has 1 unspecified atom stereocenters. The molecule has 1 aromatic heterocycles. The maximum Gasteiger partial charge on any atom is 0.170 e. The van der Waals surface area contributed by atoms with E-state index in [0.717, 1.165) is 35.2 Å². The van der Waals surface area contributed by atoms with Crippen molar-refractivity contribution in [1.29, 1.82) is 0 Å². The van der Waals surface area contributed by atoms with Crippen LogP contribution in [-0.2, 0) is 0 Å². The molecule has 1 aromatic rings. The second-order valence-corrected chi connectivity index (χ2v) is 6.20. The second-order valence-electron chi connectivity index (χ2n) is 4.10. The van der Waals surface area contributed by atoms with Crippen LogP contribution >= 0.6 is 23.3 Å². The van der Waals surface area contributed by atoms with Crippen molar-refractivity contribution in [2.24, 2.45) is 0 Å². The van der Waals surface area contributed by atoms with Gasteiger partial charge in [-0.15, -0.1) is 0 Å². The molecule has 0 radical (unpaired) electrons. The van der Waals surface area contributed by atoms with Gasteiger partial charge in [-0.05, 0) is 44.8 Å². The molecule has 17 heavy (non-hydrogen) atoms. The van der Waals surface area contributed by atoms with Gasteiger partial charge in [0.1, 0.15) is 5.82 Å². The SMILES string of the molecule is CCC(CO)(CCCSc1nc(C)ns1)NC. The molecule has 98 valence electrons. The minimum atomic E-state index is -0.113. The largest absolute Gasteiger partial charge is 0.394 e. The van der Waals surface area contributed by atoms with Crippen LogP contribution in [0.2, 0.25) is 0 Å². The highest BCUT2D eigenvalue weighted by atomic mass is 32.2. The summed E-state index contributed by atoms with van der Waals surface area (Å²) >= 11 is 3.21. The zero-order valence-corrected chi connectivity index (χ0v) is 12.3. The first kappa shape index (κ1) is 14.9. The molecule has 6 heteroatoms. The van der Waals surface area contributed by atoms with Gasteiger partial charge in [-0.2, -0.15) is 4.37 Å². The highest BCUT2D eigenvalue weighted by Gasteiger charge is 2.24. The van der Waals surface area contributed by atoms with Gasteiger partial charge in [0.15, 0.2) is 4.34 Å². The smallest absolute Gasteiger partial charge is 0.170 e. The minimum Gasteiger partial charge on any atom is -0.394 e. The highest BCUT2D eigenvalue weighted by Crippen LogP contribution is 2.23. The topological polar surface area (TPSA) is 58.0 Å². The van der Waals surface area contributed by atoms with Gasteiger partial charge in [-0.1, -0.05) is 18.7 Å². The Morgan fingerprint density at radius 1 is 1.53 bits per heavy atom.